The Kier molecular flexibility index (Phi) is 1.51. The highest BCUT2D eigenvalue weighted by Crippen LogP contribution is 2.02. The molecule has 0 bridgehead atoms. The van der Waals surface area contributed by atoms with E-state index in [0.29, 0.717) is 0 Å². The van der Waals surface area contributed by atoms with Gasteiger partial charge in [0.05, 0.1) is 0 Å². The van der Waals surface area contributed by atoms with Crippen LogP contribution in [0.2, 0.25) is 0 Å². The van der Waals surface area contributed by atoms with Gasteiger partial charge in [-0.05, 0) is 14.1 Å². The van der Waals surface area contributed by atoms with Crippen LogP contribution in [0.15, 0.2) is 0 Å². The molecule has 0 unspecified atom stereocenters. The first-order valence-electron chi connectivity index (χ1n) is 2.88. The van der Waals surface area contributed by atoms with Crippen molar-refractivity contribution < 1.29 is 0 Å². The standard InChI is InChI=1S/C5H13N3/c1-7-3-4-8(2)5(7)6/h5H,3-4,6H2,1-2H3. The van der Waals surface area contributed by atoms with Gasteiger partial charge in [0.2, 0.25) is 0 Å². The lowest BCUT2D eigenvalue weighted by Crippen LogP contribution is -2.42. The van der Waals surface area contributed by atoms with E-state index in [4.69, 9.17) is 5.73 Å². The van der Waals surface area contributed by atoms with Crippen LogP contribution in [0.25, 0.3) is 0 Å². The highest BCUT2D eigenvalue weighted by Gasteiger charge is 2.21. The van der Waals surface area contributed by atoms with E-state index in [1.54, 1.807) is 0 Å². The van der Waals surface area contributed by atoms with Crippen LogP contribution in [0.1, 0.15) is 0 Å². The number of rotatable bonds is 0. The van der Waals surface area contributed by atoms with Gasteiger partial charge in [-0.15, -0.1) is 0 Å². The molecule has 2 N–H and O–H groups in total. The predicted octanol–water partition coefficient (Wildman–Crippen LogP) is -0.894. The molecule has 8 heavy (non-hydrogen) atoms. The molecule has 0 amide bonds. The second kappa shape index (κ2) is 2.01. The summed E-state index contributed by atoms with van der Waals surface area (Å²) in [6.07, 6.45) is 0.148. The molecule has 0 spiro atoms. The summed E-state index contributed by atoms with van der Waals surface area (Å²) in [5.74, 6) is 0. The molecule has 1 saturated heterocycles. The molecule has 0 aromatic rings. The molecule has 1 aliphatic heterocycles. The van der Waals surface area contributed by atoms with Crippen molar-refractivity contribution >= 4 is 0 Å². The van der Waals surface area contributed by atoms with Gasteiger partial charge < -0.3 is 5.73 Å². The third-order valence-corrected chi connectivity index (χ3v) is 1.71. The molecular formula is C5H13N3. The lowest BCUT2D eigenvalue weighted by atomic mass is 10.6. The van der Waals surface area contributed by atoms with Gasteiger partial charge >= 0.3 is 0 Å². The molecule has 3 nitrogen and oxygen atoms in total. The van der Waals surface area contributed by atoms with Crippen molar-refractivity contribution in [3.63, 3.8) is 0 Å². The fraction of sp³-hybridized carbons (Fsp3) is 1.00. The smallest absolute Gasteiger partial charge is 0.114 e. The summed E-state index contributed by atoms with van der Waals surface area (Å²) in [6.45, 7) is 2.19. The van der Waals surface area contributed by atoms with Crippen molar-refractivity contribution in [2.75, 3.05) is 27.2 Å². The highest BCUT2D eigenvalue weighted by atomic mass is 15.4. The topological polar surface area (TPSA) is 32.5 Å². The van der Waals surface area contributed by atoms with Crippen LogP contribution in [-0.2, 0) is 0 Å². The second-order valence-electron chi connectivity index (χ2n) is 2.37. The molecular weight excluding hydrogens is 102 g/mol. The van der Waals surface area contributed by atoms with E-state index in [1.165, 1.54) is 0 Å². The minimum atomic E-state index is 0.148. The Morgan fingerprint density at radius 2 is 1.62 bits per heavy atom. The Morgan fingerprint density at radius 1 is 1.25 bits per heavy atom. The van der Waals surface area contributed by atoms with Crippen molar-refractivity contribution in [3.05, 3.63) is 0 Å². The summed E-state index contributed by atoms with van der Waals surface area (Å²) in [5.41, 5.74) is 5.67. The summed E-state index contributed by atoms with van der Waals surface area (Å²) < 4.78 is 0. The van der Waals surface area contributed by atoms with Gasteiger partial charge in [-0.2, -0.15) is 0 Å². The van der Waals surface area contributed by atoms with E-state index in [2.05, 4.69) is 9.80 Å². The second-order valence-corrected chi connectivity index (χ2v) is 2.37. The molecule has 0 radical (unpaired) electrons. The lowest BCUT2D eigenvalue weighted by Gasteiger charge is -2.18. The normalized spacial score (nSPS) is 27.4. The zero-order valence-corrected chi connectivity index (χ0v) is 5.46. The van der Waals surface area contributed by atoms with Crippen molar-refractivity contribution in [1.29, 1.82) is 0 Å². The van der Waals surface area contributed by atoms with Crippen LogP contribution in [-0.4, -0.2) is 43.3 Å². The molecule has 0 atom stereocenters. The number of hydrogen-bond donors (Lipinski definition) is 1. The Hall–Kier alpha value is -0.120. The summed E-state index contributed by atoms with van der Waals surface area (Å²) >= 11 is 0. The molecule has 0 aromatic heterocycles. The van der Waals surface area contributed by atoms with Gasteiger partial charge in [0, 0.05) is 13.1 Å². The summed E-state index contributed by atoms with van der Waals surface area (Å²) in [6, 6.07) is 0. The number of likely N-dealkylation sites (N-methyl/N-ethyl adjacent to an activating group) is 2. The van der Waals surface area contributed by atoms with Crippen molar-refractivity contribution in [3.8, 4) is 0 Å². The molecule has 0 aromatic carbocycles. The average Bonchev–Trinajstić information content (AvgIpc) is 1.98. The van der Waals surface area contributed by atoms with Crippen molar-refractivity contribution in [2.45, 2.75) is 6.29 Å². The quantitative estimate of drug-likeness (QED) is 0.444. The molecule has 1 heterocycles. The Bertz CT molecular complexity index is 73.7. The maximum absolute atomic E-state index is 5.67. The van der Waals surface area contributed by atoms with Gasteiger partial charge in [0.1, 0.15) is 6.29 Å². The summed E-state index contributed by atoms with van der Waals surface area (Å²) in [4.78, 5) is 4.25. The first kappa shape index (κ1) is 6.01. The van der Waals surface area contributed by atoms with Gasteiger partial charge in [0.15, 0.2) is 0 Å². The fourth-order valence-electron chi connectivity index (χ4n) is 0.917. The zero-order valence-electron chi connectivity index (χ0n) is 5.46. The van der Waals surface area contributed by atoms with Gasteiger partial charge in [0.25, 0.3) is 0 Å². The zero-order chi connectivity index (χ0) is 6.15. The first-order chi connectivity index (χ1) is 3.72. The molecule has 3 heteroatoms. The van der Waals surface area contributed by atoms with Crippen LogP contribution in [0.3, 0.4) is 0 Å². The van der Waals surface area contributed by atoms with E-state index in [1.807, 2.05) is 14.1 Å². The monoisotopic (exact) mass is 115 g/mol. The molecule has 0 aliphatic carbocycles. The van der Waals surface area contributed by atoms with E-state index in [-0.39, 0.29) is 6.29 Å². The molecule has 1 rings (SSSR count). The third-order valence-electron chi connectivity index (χ3n) is 1.71. The Balaban J connectivity index is 2.44. The maximum atomic E-state index is 5.67. The van der Waals surface area contributed by atoms with Crippen molar-refractivity contribution in [2.24, 2.45) is 5.73 Å². The van der Waals surface area contributed by atoms with Gasteiger partial charge in [-0.3, -0.25) is 9.80 Å². The number of nitrogens with zero attached hydrogens (tertiary/aromatic N) is 2. The first-order valence-corrected chi connectivity index (χ1v) is 2.88. The highest BCUT2D eigenvalue weighted by molar-refractivity contribution is 4.70. The number of hydrogen-bond acceptors (Lipinski definition) is 3. The summed E-state index contributed by atoms with van der Waals surface area (Å²) in [7, 11) is 4.07. The van der Waals surface area contributed by atoms with E-state index < -0.39 is 0 Å². The largest absolute Gasteiger partial charge is 0.303 e. The maximum Gasteiger partial charge on any atom is 0.114 e. The van der Waals surface area contributed by atoms with Gasteiger partial charge in [-0.25, -0.2) is 0 Å². The minimum Gasteiger partial charge on any atom is -0.303 e. The van der Waals surface area contributed by atoms with E-state index >= 15 is 0 Å². The molecule has 0 saturated carbocycles. The molecule has 48 valence electrons. The van der Waals surface area contributed by atoms with Gasteiger partial charge in [-0.1, -0.05) is 0 Å². The lowest BCUT2D eigenvalue weighted by molar-refractivity contribution is 0.195. The van der Waals surface area contributed by atoms with E-state index in [9.17, 15) is 0 Å². The minimum absolute atomic E-state index is 0.148. The van der Waals surface area contributed by atoms with Crippen LogP contribution >= 0.6 is 0 Å². The summed E-state index contributed by atoms with van der Waals surface area (Å²) in [5, 5.41) is 0. The molecule has 1 fully saturated rings. The SMILES string of the molecule is CN1CCN(C)C1N. The number of nitrogens with two attached hydrogens (primary N) is 1. The van der Waals surface area contributed by atoms with Crippen LogP contribution in [0, 0.1) is 0 Å². The van der Waals surface area contributed by atoms with Crippen LogP contribution < -0.4 is 5.73 Å². The fourth-order valence-corrected chi connectivity index (χ4v) is 0.917. The van der Waals surface area contributed by atoms with E-state index in [0.717, 1.165) is 13.1 Å². The average molecular weight is 115 g/mol. The van der Waals surface area contributed by atoms with Crippen LogP contribution in [0.5, 0.6) is 0 Å². The Labute approximate surface area is 50.1 Å². The van der Waals surface area contributed by atoms with Crippen molar-refractivity contribution in [1.82, 2.24) is 9.80 Å². The molecule has 1 aliphatic rings. The van der Waals surface area contributed by atoms with Crippen LogP contribution in [0.4, 0.5) is 0 Å². The Morgan fingerprint density at radius 3 is 1.75 bits per heavy atom. The third kappa shape index (κ3) is 0.844. The predicted molar refractivity (Wildman–Crippen MR) is 33.2 cm³/mol.